The zero-order valence-electron chi connectivity index (χ0n) is 11.7. The molecule has 20 heavy (non-hydrogen) atoms. The number of hydrogen-bond acceptors (Lipinski definition) is 4. The smallest absolute Gasteiger partial charge is 0.243 e. The molecule has 0 spiro atoms. The summed E-state index contributed by atoms with van der Waals surface area (Å²) in [7, 11) is 0.108. The number of hydrogen-bond donors (Lipinski definition) is 1. The van der Waals surface area contributed by atoms with E-state index in [0.717, 1.165) is 12.8 Å². The molecule has 1 N–H and O–H groups in total. The zero-order valence-corrected chi connectivity index (χ0v) is 13.3. The van der Waals surface area contributed by atoms with Gasteiger partial charge in [-0.05, 0) is 44.2 Å². The van der Waals surface area contributed by atoms with E-state index in [0.29, 0.717) is 29.8 Å². The van der Waals surface area contributed by atoms with E-state index < -0.39 is 10.0 Å². The topological polar surface area (TPSA) is 58.6 Å². The summed E-state index contributed by atoms with van der Waals surface area (Å²) in [5, 5.41) is 3.19. The Hall–Kier alpha value is -0.820. The Labute approximate surface area is 126 Å². The first-order valence-corrected chi connectivity index (χ1v) is 7.83. The predicted octanol–water partition coefficient (Wildman–Crippen LogP) is 1.49. The number of nitrogens with one attached hydrogen (secondary N) is 1. The highest BCUT2D eigenvalue weighted by molar-refractivity contribution is 7.89. The molecule has 5 nitrogen and oxygen atoms in total. The van der Waals surface area contributed by atoms with E-state index in [-0.39, 0.29) is 12.4 Å². The van der Waals surface area contributed by atoms with E-state index in [1.54, 1.807) is 35.7 Å². The lowest BCUT2D eigenvalue weighted by Gasteiger charge is -2.30. The molecule has 1 fully saturated rings. The molecule has 1 aliphatic rings. The SMILES string of the molecule is CNC1CCN(S(=O)(=O)c2ccc(OC)cc2)CC1.Cl. The fraction of sp³-hybridized carbons (Fsp3) is 0.538. The Morgan fingerprint density at radius 1 is 1.20 bits per heavy atom. The maximum absolute atomic E-state index is 12.4. The van der Waals surface area contributed by atoms with Gasteiger partial charge in [-0.1, -0.05) is 0 Å². The third-order valence-electron chi connectivity index (χ3n) is 3.56. The number of benzene rings is 1. The van der Waals surface area contributed by atoms with Crippen LogP contribution in [0.15, 0.2) is 29.2 Å². The number of piperidine rings is 1. The van der Waals surface area contributed by atoms with Crippen molar-refractivity contribution in [2.75, 3.05) is 27.2 Å². The van der Waals surface area contributed by atoms with Crippen LogP contribution < -0.4 is 10.1 Å². The molecule has 1 heterocycles. The zero-order chi connectivity index (χ0) is 13.9. The largest absolute Gasteiger partial charge is 0.497 e. The molecule has 7 heteroatoms. The Balaban J connectivity index is 0.00000200. The first-order chi connectivity index (χ1) is 9.07. The van der Waals surface area contributed by atoms with E-state index >= 15 is 0 Å². The molecule has 114 valence electrons. The highest BCUT2D eigenvalue weighted by Crippen LogP contribution is 2.22. The van der Waals surface area contributed by atoms with E-state index in [1.807, 2.05) is 7.05 Å². The number of nitrogens with zero attached hydrogens (tertiary/aromatic N) is 1. The molecule has 1 aromatic rings. The minimum absolute atomic E-state index is 0. The van der Waals surface area contributed by atoms with Gasteiger partial charge in [-0.3, -0.25) is 0 Å². The summed E-state index contributed by atoms with van der Waals surface area (Å²) in [6.45, 7) is 1.14. The van der Waals surface area contributed by atoms with Crippen LogP contribution in [0.5, 0.6) is 5.75 Å². The Morgan fingerprint density at radius 3 is 2.20 bits per heavy atom. The van der Waals surface area contributed by atoms with Crippen LogP contribution in [-0.4, -0.2) is 46.0 Å². The monoisotopic (exact) mass is 320 g/mol. The van der Waals surface area contributed by atoms with Gasteiger partial charge in [-0.2, -0.15) is 4.31 Å². The van der Waals surface area contributed by atoms with Crippen LogP contribution in [0.4, 0.5) is 0 Å². The second-order valence-corrected chi connectivity index (χ2v) is 6.58. The summed E-state index contributed by atoms with van der Waals surface area (Å²) in [5.74, 6) is 0.660. The van der Waals surface area contributed by atoms with Crippen LogP contribution in [0.2, 0.25) is 0 Å². The number of sulfonamides is 1. The Bertz CT molecular complexity index is 511. The maximum Gasteiger partial charge on any atom is 0.243 e. The standard InChI is InChI=1S/C13H20N2O3S.ClH/c1-14-11-7-9-15(10-8-11)19(16,17)13-5-3-12(18-2)4-6-13;/h3-6,11,14H,7-10H2,1-2H3;1H. The lowest BCUT2D eigenvalue weighted by atomic mass is 10.1. The molecule has 1 aliphatic heterocycles. The van der Waals surface area contributed by atoms with Gasteiger partial charge in [0, 0.05) is 19.1 Å². The van der Waals surface area contributed by atoms with Crippen molar-refractivity contribution in [2.24, 2.45) is 0 Å². The second-order valence-electron chi connectivity index (χ2n) is 4.64. The molecule has 0 atom stereocenters. The summed E-state index contributed by atoms with van der Waals surface area (Å²) in [4.78, 5) is 0.330. The van der Waals surface area contributed by atoms with Crippen molar-refractivity contribution in [3.8, 4) is 5.75 Å². The molecule has 0 bridgehead atoms. The van der Waals surface area contributed by atoms with Gasteiger partial charge >= 0.3 is 0 Å². The molecular weight excluding hydrogens is 300 g/mol. The maximum atomic E-state index is 12.4. The minimum Gasteiger partial charge on any atom is -0.497 e. The first kappa shape index (κ1) is 17.2. The predicted molar refractivity (Wildman–Crippen MR) is 81.1 cm³/mol. The van der Waals surface area contributed by atoms with Crippen molar-refractivity contribution in [1.29, 1.82) is 0 Å². The summed E-state index contributed by atoms with van der Waals surface area (Å²) in [6.07, 6.45) is 1.71. The summed E-state index contributed by atoms with van der Waals surface area (Å²) >= 11 is 0. The van der Waals surface area contributed by atoms with Crippen LogP contribution in [0.3, 0.4) is 0 Å². The van der Waals surface area contributed by atoms with Gasteiger partial charge in [0.15, 0.2) is 0 Å². The molecule has 0 amide bonds. The van der Waals surface area contributed by atoms with Gasteiger partial charge < -0.3 is 10.1 Å². The van der Waals surface area contributed by atoms with Crippen LogP contribution >= 0.6 is 12.4 Å². The molecule has 0 aromatic heterocycles. The van der Waals surface area contributed by atoms with Gasteiger partial charge in [0.2, 0.25) is 10.0 Å². The highest BCUT2D eigenvalue weighted by Gasteiger charge is 2.28. The van der Waals surface area contributed by atoms with Gasteiger partial charge in [0.25, 0.3) is 0 Å². The van der Waals surface area contributed by atoms with Crippen molar-refractivity contribution >= 4 is 22.4 Å². The van der Waals surface area contributed by atoms with E-state index in [2.05, 4.69) is 5.32 Å². The molecule has 2 rings (SSSR count). The fourth-order valence-corrected chi connectivity index (χ4v) is 3.75. The minimum atomic E-state index is -3.37. The molecule has 0 aliphatic carbocycles. The fourth-order valence-electron chi connectivity index (χ4n) is 2.28. The molecule has 0 saturated carbocycles. The summed E-state index contributed by atoms with van der Waals surface area (Å²) < 4.78 is 31.5. The number of rotatable bonds is 4. The van der Waals surface area contributed by atoms with Crippen molar-refractivity contribution in [2.45, 2.75) is 23.8 Å². The molecule has 0 radical (unpaired) electrons. The highest BCUT2D eigenvalue weighted by atomic mass is 35.5. The van der Waals surface area contributed by atoms with Gasteiger partial charge in [0.05, 0.1) is 12.0 Å². The van der Waals surface area contributed by atoms with Crippen molar-refractivity contribution in [3.63, 3.8) is 0 Å². The molecule has 1 aromatic carbocycles. The Kier molecular flexibility index (Phi) is 6.26. The van der Waals surface area contributed by atoms with E-state index in [4.69, 9.17) is 4.74 Å². The first-order valence-electron chi connectivity index (χ1n) is 6.39. The number of ether oxygens (including phenoxy) is 1. The molecule has 1 saturated heterocycles. The van der Waals surface area contributed by atoms with Gasteiger partial charge in [-0.25, -0.2) is 8.42 Å². The Morgan fingerprint density at radius 2 is 1.75 bits per heavy atom. The number of methoxy groups -OCH3 is 1. The van der Waals surface area contributed by atoms with Crippen molar-refractivity contribution < 1.29 is 13.2 Å². The van der Waals surface area contributed by atoms with Gasteiger partial charge in [0.1, 0.15) is 5.75 Å². The normalized spacial score (nSPS) is 17.5. The van der Waals surface area contributed by atoms with Crippen molar-refractivity contribution in [3.05, 3.63) is 24.3 Å². The van der Waals surface area contributed by atoms with Crippen LogP contribution in [-0.2, 0) is 10.0 Å². The van der Waals surface area contributed by atoms with Crippen molar-refractivity contribution in [1.82, 2.24) is 9.62 Å². The van der Waals surface area contributed by atoms with E-state index in [1.165, 1.54) is 0 Å². The third kappa shape index (κ3) is 3.63. The molecular formula is C13H21ClN2O3S. The average Bonchev–Trinajstić information content (AvgIpc) is 2.47. The van der Waals surface area contributed by atoms with Crippen LogP contribution in [0, 0.1) is 0 Å². The quantitative estimate of drug-likeness (QED) is 0.913. The third-order valence-corrected chi connectivity index (χ3v) is 5.47. The molecule has 0 unspecified atom stereocenters. The lowest BCUT2D eigenvalue weighted by molar-refractivity contribution is 0.298. The summed E-state index contributed by atoms with van der Waals surface area (Å²) in [5.41, 5.74) is 0. The number of halogens is 1. The lowest BCUT2D eigenvalue weighted by Crippen LogP contribution is -2.43. The second kappa shape index (κ2) is 7.26. The van der Waals surface area contributed by atoms with Crippen LogP contribution in [0.1, 0.15) is 12.8 Å². The van der Waals surface area contributed by atoms with E-state index in [9.17, 15) is 8.42 Å². The summed E-state index contributed by atoms with van der Waals surface area (Å²) in [6, 6.07) is 6.96. The average molecular weight is 321 g/mol. The van der Waals surface area contributed by atoms with Gasteiger partial charge in [-0.15, -0.1) is 12.4 Å². The van der Waals surface area contributed by atoms with Crippen LogP contribution in [0.25, 0.3) is 0 Å².